The molecule has 0 radical (unpaired) electrons. The maximum atomic E-state index is 12.2. The molecule has 2 aromatic rings. The van der Waals surface area contributed by atoms with Gasteiger partial charge in [0.15, 0.2) is 0 Å². The van der Waals surface area contributed by atoms with Crippen molar-refractivity contribution in [3.63, 3.8) is 0 Å². The highest BCUT2D eigenvalue weighted by atomic mass is 16.2. The van der Waals surface area contributed by atoms with E-state index in [4.69, 9.17) is 0 Å². The zero-order valence-corrected chi connectivity index (χ0v) is 14.2. The predicted octanol–water partition coefficient (Wildman–Crippen LogP) is 3.53. The molecule has 0 atom stereocenters. The first-order chi connectivity index (χ1) is 12.2. The molecule has 5 heteroatoms. The molecule has 25 heavy (non-hydrogen) atoms. The van der Waals surface area contributed by atoms with Crippen LogP contribution in [0.15, 0.2) is 48.8 Å². The van der Waals surface area contributed by atoms with Crippen molar-refractivity contribution in [3.05, 3.63) is 59.9 Å². The molecule has 5 nitrogen and oxygen atoms in total. The largest absolute Gasteiger partial charge is 0.352 e. The Morgan fingerprint density at radius 1 is 1.04 bits per heavy atom. The Hall–Kier alpha value is -2.69. The first-order valence-corrected chi connectivity index (χ1v) is 8.80. The summed E-state index contributed by atoms with van der Waals surface area (Å²) in [5.41, 5.74) is 2.26. The van der Waals surface area contributed by atoms with Gasteiger partial charge in [0.05, 0.1) is 5.56 Å². The van der Waals surface area contributed by atoms with E-state index in [-0.39, 0.29) is 17.7 Å². The number of hydrogen-bond donors (Lipinski definition) is 2. The van der Waals surface area contributed by atoms with Gasteiger partial charge in [-0.1, -0.05) is 31.4 Å². The van der Waals surface area contributed by atoms with Crippen molar-refractivity contribution in [2.45, 2.75) is 38.6 Å². The standard InChI is InChI=1S/C20H23N3O2/c24-19(16-5-2-1-3-6-16)22-13-15-8-10-18(11-9-15)23-20(25)17-7-4-12-21-14-17/h4,7-12,14,16H,1-3,5-6,13H2,(H,22,24)(H,23,25). The number of amides is 2. The maximum absolute atomic E-state index is 12.2. The van der Waals surface area contributed by atoms with E-state index in [0.29, 0.717) is 12.1 Å². The average molecular weight is 337 g/mol. The Morgan fingerprint density at radius 3 is 2.48 bits per heavy atom. The van der Waals surface area contributed by atoms with Gasteiger partial charge in [-0.15, -0.1) is 0 Å². The number of rotatable bonds is 5. The minimum absolute atomic E-state index is 0.161. The van der Waals surface area contributed by atoms with Crippen molar-refractivity contribution in [3.8, 4) is 0 Å². The number of hydrogen-bond acceptors (Lipinski definition) is 3. The monoisotopic (exact) mass is 337 g/mol. The van der Waals surface area contributed by atoms with Gasteiger partial charge in [0.1, 0.15) is 0 Å². The quantitative estimate of drug-likeness (QED) is 0.877. The number of nitrogens with one attached hydrogen (secondary N) is 2. The summed E-state index contributed by atoms with van der Waals surface area (Å²) in [5.74, 6) is 0.145. The van der Waals surface area contributed by atoms with Crippen LogP contribution in [0.3, 0.4) is 0 Å². The molecule has 1 aliphatic rings. The van der Waals surface area contributed by atoms with E-state index in [1.54, 1.807) is 18.3 Å². The van der Waals surface area contributed by atoms with Crippen LogP contribution in [0.4, 0.5) is 5.69 Å². The van der Waals surface area contributed by atoms with Gasteiger partial charge >= 0.3 is 0 Å². The molecule has 0 bridgehead atoms. The molecule has 1 fully saturated rings. The van der Waals surface area contributed by atoms with Gasteiger partial charge in [0.2, 0.25) is 5.91 Å². The number of carbonyl (C=O) groups is 2. The lowest BCUT2D eigenvalue weighted by Gasteiger charge is -2.20. The van der Waals surface area contributed by atoms with Crippen molar-refractivity contribution in [2.75, 3.05) is 5.32 Å². The fraction of sp³-hybridized carbons (Fsp3) is 0.350. The van der Waals surface area contributed by atoms with Gasteiger partial charge in [-0.25, -0.2) is 0 Å². The molecule has 130 valence electrons. The van der Waals surface area contributed by atoms with Crippen LogP contribution in [0.2, 0.25) is 0 Å². The van der Waals surface area contributed by atoms with E-state index in [1.807, 2.05) is 24.3 Å². The van der Waals surface area contributed by atoms with E-state index in [1.165, 1.54) is 12.6 Å². The summed E-state index contributed by atoms with van der Waals surface area (Å²) < 4.78 is 0. The van der Waals surface area contributed by atoms with Crippen LogP contribution in [-0.2, 0) is 11.3 Å². The fourth-order valence-corrected chi connectivity index (χ4v) is 3.10. The second-order valence-electron chi connectivity index (χ2n) is 6.45. The van der Waals surface area contributed by atoms with Gasteiger partial charge in [-0.05, 0) is 42.7 Å². The van der Waals surface area contributed by atoms with Crippen molar-refractivity contribution < 1.29 is 9.59 Å². The van der Waals surface area contributed by atoms with Gasteiger partial charge in [0.25, 0.3) is 5.91 Å². The van der Waals surface area contributed by atoms with Crippen molar-refractivity contribution >= 4 is 17.5 Å². The summed E-state index contributed by atoms with van der Waals surface area (Å²) in [6.07, 6.45) is 8.73. The molecule has 3 rings (SSSR count). The Balaban J connectivity index is 1.50. The summed E-state index contributed by atoms with van der Waals surface area (Å²) in [5, 5.41) is 5.86. The van der Waals surface area contributed by atoms with E-state index < -0.39 is 0 Å². The number of aromatic nitrogens is 1. The molecule has 1 aliphatic carbocycles. The Morgan fingerprint density at radius 2 is 1.80 bits per heavy atom. The van der Waals surface area contributed by atoms with Crippen molar-refractivity contribution in [1.82, 2.24) is 10.3 Å². The van der Waals surface area contributed by atoms with E-state index in [2.05, 4.69) is 15.6 Å². The highest BCUT2D eigenvalue weighted by Gasteiger charge is 2.20. The number of benzene rings is 1. The van der Waals surface area contributed by atoms with Gasteiger partial charge in [0, 0.05) is 30.5 Å². The number of carbonyl (C=O) groups excluding carboxylic acids is 2. The highest BCUT2D eigenvalue weighted by Crippen LogP contribution is 2.23. The molecule has 0 saturated heterocycles. The highest BCUT2D eigenvalue weighted by molar-refractivity contribution is 6.04. The van der Waals surface area contributed by atoms with E-state index >= 15 is 0 Å². The first kappa shape index (κ1) is 17.1. The molecule has 1 heterocycles. The van der Waals surface area contributed by atoms with Gasteiger partial charge < -0.3 is 10.6 Å². The second-order valence-corrected chi connectivity index (χ2v) is 6.45. The minimum Gasteiger partial charge on any atom is -0.352 e. The normalized spacial score (nSPS) is 14.7. The number of nitrogens with zero attached hydrogens (tertiary/aromatic N) is 1. The van der Waals surface area contributed by atoms with Crippen LogP contribution in [0.25, 0.3) is 0 Å². The van der Waals surface area contributed by atoms with Crippen molar-refractivity contribution in [2.24, 2.45) is 5.92 Å². The topological polar surface area (TPSA) is 71.1 Å². The molecule has 0 spiro atoms. The summed E-state index contributed by atoms with van der Waals surface area (Å²) in [7, 11) is 0. The molecule has 2 amide bonds. The number of pyridine rings is 1. The molecule has 2 N–H and O–H groups in total. The van der Waals surface area contributed by atoms with Crippen LogP contribution in [-0.4, -0.2) is 16.8 Å². The molecule has 0 aliphatic heterocycles. The SMILES string of the molecule is O=C(Nc1ccc(CNC(=O)C2CCCCC2)cc1)c1cccnc1. The third-order valence-corrected chi connectivity index (χ3v) is 4.58. The smallest absolute Gasteiger partial charge is 0.257 e. The Labute approximate surface area is 147 Å². The van der Waals surface area contributed by atoms with Crippen LogP contribution >= 0.6 is 0 Å². The molecule has 0 unspecified atom stereocenters. The summed E-state index contributed by atoms with van der Waals surface area (Å²) >= 11 is 0. The lowest BCUT2D eigenvalue weighted by molar-refractivity contribution is -0.126. The maximum Gasteiger partial charge on any atom is 0.257 e. The Kier molecular flexibility index (Phi) is 5.77. The summed E-state index contributed by atoms with van der Waals surface area (Å²) in [4.78, 5) is 28.2. The Bertz CT molecular complexity index is 707. The minimum atomic E-state index is -0.188. The van der Waals surface area contributed by atoms with Crippen molar-refractivity contribution in [1.29, 1.82) is 0 Å². The van der Waals surface area contributed by atoms with Gasteiger partial charge in [-0.3, -0.25) is 14.6 Å². The third-order valence-electron chi connectivity index (χ3n) is 4.58. The second kappa shape index (κ2) is 8.42. The van der Waals surface area contributed by atoms with Crippen LogP contribution in [0, 0.1) is 5.92 Å². The molecule has 1 saturated carbocycles. The molecule has 1 aromatic heterocycles. The predicted molar refractivity (Wildman–Crippen MR) is 97.1 cm³/mol. The lowest BCUT2D eigenvalue weighted by atomic mass is 9.88. The lowest BCUT2D eigenvalue weighted by Crippen LogP contribution is -2.31. The van der Waals surface area contributed by atoms with Crippen LogP contribution < -0.4 is 10.6 Å². The average Bonchev–Trinajstić information content (AvgIpc) is 2.68. The summed E-state index contributed by atoms with van der Waals surface area (Å²) in [6, 6.07) is 11.0. The zero-order chi connectivity index (χ0) is 17.5. The summed E-state index contributed by atoms with van der Waals surface area (Å²) in [6.45, 7) is 0.520. The van der Waals surface area contributed by atoms with Crippen LogP contribution in [0.5, 0.6) is 0 Å². The molecule has 1 aromatic carbocycles. The third kappa shape index (κ3) is 4.89. The van der Waals surface area contributed by atoms with Gasteiger partial charge in [-0.2, -0.15) is 0 Å². The molecular weight excluding hydrogens is 314 g/mol. The molecular formula is C20H23N3O2. The number of anilines is 1. The van der Waals surface area contributed by atoms with E-state index in [0.717, 1.165) is 36.9 Å². The van der Waals surface area contributed by atoms with E-state index in [9.17, 15) is 9.59 Å². The zero-order valence-electron chi connectivity index (χ0n) is 14.2. The first-order valence-electron chi connectivity index (χ1n) is 8.80. The van der Waals surface area contributed by atoms with Crippen LogP contribution in [0.1, 0.15) is 48.0 Å². The fourth-order valence-electron chi connectivity index (χ4n) is 3.10.